The lowest BCUT2D eigenvalue weighted by Gasteiger charge is -2.39. The van der Waals surface area contributed by atoms with Gasteiger partial charge in [-0.2, -0.15) is 4.31 Å². The molecule has 1 aliphatic heterocycles. The van der Waals surface area contributed by atoms with Crippen molar-refractivity contribution in [1.29, 1.82) is 0 Å². The molecule has 3 aromatic rings. The molecule has 2 aromatic carbocycles. The number of methoxy groups -OCH3 is 1. The lowest BCUT2D eigenvalue weighted by molar-refractivity contribution is -0.0478. The molecule has 1 aromatic heterocycles. The summed E-state index contributed by atoms with van der Waals surface area (Å²) in [6, 6.07) is 7.47. The second kappa shape index (κ2) is 8.85. The van der Waals surface area contributed by atoms with Crippen LogP contribution in [0.3, 0.4) is 0 Å². The summed E-state index contributed by atoms with van der Waals surface area (Å²) < 4.78 is 60.6. The van der Waals surface area contributed by atoms with Crippen LogP contribution < -0.4 is 5.32 Å². The number of nitrogens with one attached hydrogen (secondary N) is 2. The number of hydrogen-bond donors (Lipinski definition) is 2. The van der Waals surface area contributed by atoms with Gasteiger partial charge in [0.2, 0.25) is 10.0 Å². The summed E-state index contributed by atoms with van der Waals surface area (Å²) in [5.41, 5.74) is 0.310. The number of amides is 1. The summed E-state index contributed by atoms with van der Waals surface area (Å²) in [5.74, 6) is -2.76. The SMILES string of the molecule is CCC1(OC)CCN(S(=O)(=O)c2cc(C(=O)Nc3ccc(F)c(F)c3)c3cc[nH]c3c2)CC1. The lowest BCUT2D eigenvalue weighted by Crippen LogP contribution is -2.47. The van der Waals surface area contributed by atoms with Crippen LogP contribution in [0.25, 0.3) is 10.9 Å². The summed E-state index contributed by atoms with van der Waals surface area (Å²) in [4.78, 5) is 15.9. The number of sulfonamides is 1. The largest absolute Gasteiger partial charge is 0.378 e. The van der Waals surface area contributed by atoms with E-state index in [9.17, 15) is 22.0 Å². The second-order valence-corrected chi connectivity index (χ2v) is 10.1. The second-order valence-electron chi connectivity index (χ2n) is 8.14. The number of anilines is 1. The highest BCUT2D eigenvalue weighted by Crippen LogP contribution is 2.33. The number of aromatic amines is 1. The van der Waals surface area contributed by atoms with E-state index >= 15 is 0 Å². The van der Waals surface area contributed by atoms with Crippen LogP contribution in [0, 0.1) is 11.6 Å². The number of ether oxygens (including phenoxy) is 1. The van der Waals surface area contributed by atoms with Crippen LogP contribution in [-0.2, 0) is 14.8 Å². The molecule has 0 radical (unpaired) electrons. The summed E-state index contributed by atoms with van der Waals surface area (Å²) in [5, 5.41) is 3.02. The van der Waals surface area contributed by atoms with Gasteiger partial charge in [0.25, 0.3) is 5.91 Å². The Morgan fingerprint density at radius 3 is 2.52 bits per heavy atom. The van der Waals surface area contributed by atoms with Crippen molar-refractivity contribution in [1.82, 2.24) is 9.29 Å². The molecule has 0 bridgehead atoms. The fraction of sp³-hybridized carbons (Fsp3) is 0.348. The number of hydrogen-bond acceptors (Lipinski definition) is 4. The van der Waals surface area contributed by atoms with E-state index in [0.29, 0.717) is 36.8 Å². The molecule has 0 unspecified atom stereocenters. The van der Waals surface area contributed by atoms with Crippen LogP contribution in [0.15, 0.2) is 47.5 Å². The van der Waals surface area contributed by atoms with Gasteiger partial charge in [0.1, 0.15) is 0 Å². The molecular formula is C23H25F2N3O4S. The number of aromatic nitrogens is 1. The summed E-state index contributed by atoms with van der Waals surface area (Å²) in [7, 11) is -2.23. The van der Waals surface area contributed by atoms with Gasteiger partial charge in [0.15, 0.2) is 11.6 Å². The lowest BCUT2D eigenvalue weighted by atomic mass is 9.90. The predicted molar refractivity (Wildman–Crippen MR) is 121 cm³/mol. The molecule has 4 rings (SSSR count). The first kappa shape index (κ1) is 23.3. The number of fused-ring (bicyclic) bond motifs is 1. The quantitative estimate of drug-likeness (QED) is 0.555. The Balaban J connectivity index is 1.66. The van der Waals surface area contributed by atoms with Crippen LogP contribution in [0.4, 0.5) is 14.5 Å². The molecule has 2 N–H and O–H groups in total. The fourth-order valence-corrected chi connectivity index (χ4v) is 5.73. The summed E-state index contributed by atoms with van der Waals surface area (Å²) >= 11 is 0. The maximum absolute atomic E-state index is 13.5. The average molecular weight is 478 g/mol. The molecule has 1 aliphatic rings. The average Bonchev–Trinajstić information content (AvgIpc) is 3.29. The number of piperidine rings is 1. The first-order valence-electron chi connectivity index (χ1n) is 10.6. The first-order valence-corrected chi connectivity index (χ1v) is 12.1. The summed E-state index contributed by atoms with van der Waals surface area (Å²) in [6.45, 7) is 2.64. The zero-order valence-electron chi connectivity index (χ0n) is 18.3. The van der Waals surface area contributed by atoms with Crippen molar-refractivity contribution in [2.45, 2.75) is 36.7 Å². The minimum atomic E-state index is -3.87. The van der Waals surface area contributed by atoms with Crippen LogP contribution in [0.2, 0.25) is 0 Å². The third kappa shape index (κ3) is 4.38. The van der Waals surface area contributed by atoms with E-state index in [1.807, 2.05) is 6.92 Å². The molecule has 7 nitrogen and oxygen atoms in total. The van der Waals surface area contributed by atoms with E-state index in [1.54, 1.807) is 19.4 Å². The highest BCUT2D eigenvalue weighted by atomic mass is 32.2. The zero-order chi connectivity index (χ0) is 23.8. The van der Waals surface area contributed by atoms with E-state index in [2.05, 4.69) is 10.3 Å². The highest BCUT2D eigenvalue weighted by molar-refractivity contribution is 7.89. The minimum Gasteiger partial charge on any atom is -0.378 e. The number of carbonyl (C=O) groups is 1. The number of halogens is 2. The molecule has 0 aliphatic carbocycles. The van der Waals surface area contributed by atoms with Crippen molar-refractivity contribution >= 4 is 32.5 Å². The molecule has 0 atom stereocenters. The van der Waals surface area contributed by atoms with E-state index in [-0.39, 0.29) is 21.7 Å². The fourth-order valence-electron chi connectivity index (χ4n) is 4.23. The Kier molecular flexibility index (Phi) is 6.26. The number of nitrogens with zero attached hydrogens (tertiary/aromatic N) is 1. The van der Waals surface area contributed by atoms with Gasteiger partial charge in [-0.25, -0.2) is 17.2 Å². The van der Waals surface area contributed by atoms with Gasteiger partial charge < -0.3 is 15.0 Å². The number of carbonyl (C=O) groups excluding carboxylic acids is 1. The molecule has 0 saturated carbocycles. The topological polar surface area (TPSA) is 91.5 Å². The van der Waals surface area contributed by atoms with E-state index in [0.717, 1.165) is 18.6 Å². The van der Waals surface area contributed by atoms with Gasteiger partial charge in [-0.3, -0.25) is 4.79 Å². The van der Waals surface area contributed by atoms with E-state index in [4.69, 9.17) is 4.74 Å². The van der Waals surface area contributed by atoms with Gasteiger partial charge in [0, 0.05) is 49.1 Å². The summed E-state index contributed by atoms with van der Waals surface area (Å²) in [6.07, 6.45) is 3.55. The van der Waals surface area contributed by atoms with Crippen molar-refractivity contribution in [3.63, 3.8) is 0 Å². The maximum Gasteiger partial charge on any atom is 0.256 e. The smallest absolute Gasteiger partial charge is 0.256 e. The number of benzene rings is 2. The van der Waals surface area contributed by atoms with Gasteiger partial charge in [0.05, 0.1) is 16.1 Å². The highest BCUT2D eigenvalue weighted by Gasteiger charge is 2.37. The van der Waals surface area contributed by atoms with Crippen LogP contribution >= 0.6 is 0 Å². The monoisotopic (exact) mass is 477 g/mol. The normalized spacial score (nSPS) is 16.7. The van der Waals surface area contributed by atoms with Crippen molar-refractivity contribution in [2.75, 3.05) is 25.5 Å². The maximum atomic E-state index is 13.5. The number of H-pyrrole nitrogens is 1. The van der Waals surface area contributed by atoms with Gasteiger partial charge in [-0.1, -0.05) is 6.92 Å². The van der Waals surface area contributed by atoms with Crippen molar-refractivity contribution in [3.8, 4) is 0 Å². The third-order valence-corrected chi connectivity index (χ3v) is 8.29. The minimum absolute atomic E-state index is 0.0192. The molecule has 1 fully saturated rings. The Labute approximate surface area is 190 Å². The molecule has 176 valence electrons. The number of rotatable bonds is 6. The van der Waals surface area contributed by atoms with Crippen LogP contribution in [0.5, 0.6) is 0 Å². The molecule has 1 saturated heterocycles. The van der Waals surface area contributed by atoms with Crippen molar-refractivity contribution in [2.24, 2.45) is 0 Å². The molecule has 0 spiro atoms. The van der Waals surface area contributed by atoms with Crippen molar-refractivity contribution in [3.05, 3.63) is 59.8 Å². The molecule has 2 heterocycles. The third-order valence-electron chi connectivity index (χ3n) is 6.41. The van der Waals surface area contributed by atoms with Gasteiger partial charge in [-0.05, 0) is 49.6 Å². The Morgan fingerprint density at radius 1 is 1.15 bits per heavy atom. The first-order chi connectivity index (χ1) is 15.7. The Morgan fingerprint density at radius 2 is 1.88 bits per heavy atom. The van der Waals surface area contributed by atoms with Crippen LogP contribution in [0.1, 0.15) is 36.5 Å². The van der Waals surface area contributed by atoms with Gasteiger partial charge in [-0.15, -0.1) is 0 Å². The predicted octanol–water partition coefficient (Wildman–Crippen LogP) is 4.28. The van der Waals surface area contributed by atoms with Crippen molar-refractivity contribution < 1.29 is 26.7 Å². The Hall–Kier alpha value is -2.82. The molecule has 1 amide bonds. The van der Waals surface area contributed by atoms with Gasteiger partial charge >= 0.3 is 0 Å². The van der Waals surface area contributed by atoms with Crippen LogP contribution in [-0.4, -0.2) is 49.4 Å². The molecule has 10 heteroatoms. The van der Waals surface area contributed by atoms with E-state index < -0.39 is 27.6 Å². The van der Waals surface area contributed by atoms with E-state index in [1.165, 1.54) is 22.5 Å². The zero-order valence-corrected chi connectivity index (χ0v) is 19.1. The molecule has 33 heavy (non-hydrogen) atoms. The Bertz CT molecular complexity index is 1290. The molecular weight excluding hydrogens is 452 g/mol. The standard InChI is InChI=1S/C23H25F2N3O4S/c1-3-23(32-2)7-10-28(11-8-23)33(30,31)16-13-18(17-6-9-26-21(17)14-16)22(29)27-15-4-5-19(24)20(25)12-15/h4-6,9,12-14,26H,3,7-8,10-11H2,1-2H3,(H,27,29).